The smallest absolute Gasteiger partial charge is 0.0625 e. The zero-order valence-corrected chi connectivity index (χ0v) is 12.3. The lowest BCUT2D eigenvalue weighted by Gasteiger charge is -2.13. The molecule has 0 saturated carbocycles. The fourth-order valence-electron chi connectivity index (χ4n) is 2.55. The fourth-order valence-corrected chi connectivity index (χ4v) is 2.85. The molecule has 0 N–H and O–H groups in total. The summed E-state index contributed by atoms with van der Waals surface area (Å²) in [5.41, 5.74) is 3.81. The molecule has 0 aliphatic heterocycles. The molecule has 0 amide bonds. The molecule has 0 aliphatic rings. The highest BCUT2D eigenvalue weighted by molar-refractivity contribution is 6.21. The van der Waals surface area contributed by atoms with Crippen molar-refractivity contribution in [2.75, 3.05) is 0 Å². The summed E-state index contributed by atoms with van der Waals surface area (Å²) in [6.45, 7) is 2.14. The number of benzene rings is 3. The molecule has 0 heterocycles. The van der Waals surface area contributed by atoms with Crippen molar-refractivity contribution in [3.63, 3.8) is 0 Å². The van der Waals surface area contributed by atoms with Crippen LogP contribution in [0.25, 0.3) is 10.8 Å². The Balaban J connectivity index is 1.89. The minimum atomic E-state index is 0.0145. The van der Waals surface area contributed by atoms with E-state index < -0.39 is 0 Å². The van der Waals surface area contributed by atoms with Gasteiger partial charge in [-0.1, -0.05) is 60.7 Å². The largest absolute Gasteiger partial charge is 0.117 e. The Kier molecular flexibility index (Phi) is 3.75. The highest BCUT2D eigenvalue weighted by Gasteiger charge is 2.10. The van der Waals surface area contributed by atoms with Gasteiger partial charge < -0.3 is 0 Å². The average Bonchev–Trinajstić information content (AvgIpc) is 2.49. The lowest BCUT2D eigenvalue weighted by molar-refractivity contribution is 0.913. The second kappa shape index (κ2) is 5.68. The van der Waals surface area contributed by atoms with Crippen LogP contribution >= 0.6 is 11.6 Å². The van der Waals surface area contributed by atoms with Gasteiger partial charge in [-0.05, 0) is 46.9 Å². The molecule has 0 radical (unpaired) electrons. The Labute approximate surface area is 125 Å². The number of halogens is 1. The van der Waals surface area contributed by atoms with Crippen molar-refractivity contribution in [1.82, 2.24) is 0 Å². The van der Waals surface area contributed by atoms with Crippen LogP contribution in [0.15, 0.2) is 66.7 Å². The summed E-state index contributed by atoms with van der Waals surface area (Å²) in [6.07, 6.45) is 0.868. The fraction of sp³-hybridized carbons (Fsp3) is 0.158. The first-order valence-corrected chi connectivity index (χ1v) is 7.35. The molecule has 3 aromatic carbocycles. The van der Waals surface area contributed by atoms with Gasteiger partial charge in [-0.15, -0.1) is 11.6 Å². The van der Waals surface area contributed by atoms with E-state index >= 15 is 0 Å². The first-order chi connectivity index (χ1) is 9.74. The van der Waals surface area contributed by atoms with Gasteiger partial charge in [0.25, 0.3) is 0 Å². The van der Waals surface area contributed by atoms with Crippen molar-refractivity contribution in [2.24, 2.45) is 0 Å². The molecule has 0 fully saturated rings. The Morgan fingerprint density at radius 1 is 0.850 bits per heavy atom. The summed E-state index contributed by atoms with van der Waals surface area (Å²) in [6, 6.07) is 23.3. The monoisotopic (exact) mass is 280 g/mol. The average molecular weight is 281 g/mol. The van der Waals surface area contributed by atoms with Gasteiger partial charge in [-0.2, -0.15) is 0 Å². The van der Waals surface area contributed by atoms with Crippen molar-refractivity contribution < 1.29 is 0 Å². The van der Waals surface area contributed by atoms with Gasteiger partial charge in [0.1, 0.15) is 0 Å². The molecule has 1 heteroatoms. The predicted octanol–water partition coefficient (Wildman–Crippen LogP) is 5.67. The minimum Gasteiger partial charge on any atom is -0.117 e. The number of aryl methyl sites for hydroxylation is 1. The molecule has 0 nitrogen and oxygen atoms in total. The van der Waals surface area contributed by atoms with Crippen molar-refractivity contribution >= 4 is 22.4 Å². The minimum absolute atomic E-state index is 0.0145. The first-order valence-electron chi connectivity index (χ1n) is 6.91. The standard InChI is InChI=1S/C19H17Cl/c1-14-6-2-3-8-16(14)13-19(20)18-11-10-15-7-4-5-9-17(15)12-18/h2-12,19H,13H2,1H3. The van der Waals surface area contributed by atoms with Crippen LogP contribution in [0, 0.1) is 6.92 Å². The third-order valence-corrected chi connectivity index (χ3v) is 4.20. The maximum absolute atomic E-state index is 6.61. The molecule has 0 spiro atoms. The molecular weight excluding hydrogens is 264 g/mol. The summed E-state index contributed by atoms with van der Waals surface area (Å²) in [5, 5.41) is 2.53. The molecule has 3 rings (SSSR count). The second-order valence-electron chi connectivity index (χ2n) is 5.20. The predicted molar refractivity (Wildman–Crippen MR) is 87.4 cm³/mol. The van der Waals surface area contributed by atoms with Gasteiger partial charge in [0, 0.05) is 0 Å². The molecule has 0 aliphatic carbocycles. The first kappa shape index (κ1) is 13.2. The van der Waals surface area contributed by atoms with Gasteiger partial charge >= 0.3 is 0 Å². The van der Waals surface area contributed by atoms with Gasteiger partial charge in [0.05, 0.1) is 5.38 Å². The molecule has 0 bridgehead atoms. The van der Waals surface area contributed by atoms with Crippen LogP contribution in [-0.4, -0.2) is 0 Å². The summed E-state index contributed by atoms with van der Waals surface area (Å²) >= 11 is 6.61. The topological polar surface area (TPSA) is 0 Å². The lowest BCUT2D eigenvalue weighted by atomic mass is 9.98. The van der Waals surface area contributed by atoms with Gasteiger partial charge in [-0.25, -0.2) is 0 Å². The summed E-state index contributed by atoms with van der Waals surface area (Å²) in [5.74, 6) is 0. The Hall–Kier alpha value is -1.79. The van der Waals surface area contributed by atoms with Crippen LogP contribution in [0.4, 0.5) is 0 Å². The summed E-state index contributed by atoms with van der Waals surface area (Å²) < 4.78 is 0. The number of hydrogen-bond donors (Lipinski definition) is 0. The number of rotatable bonds is 3. The molecule has 100 valence electrons. The number of hydrogen-bond acceptors (Lipinski definition) is 0. The zero-order valence-electron chi connectivity index (χ0n) is 11.5. The number of alkyl halides is 1. The maximum atomic E-state index is 6.61. The summed E-state index contributed by atoms with van der Waals surface area (Å²) in [4.78, 5) is 0. The van der Waals surface area contributed by atoms with Crippen molar-refractivity contribution in [2.45, 2.75) is 18.7 Å². The molecule has 0 saturated heterocycles. The van der Waals surface area contributed by atoms with E-state index in [0.717, 1.165) is 6.42 Å². The maximum Gasteiger partial charge on any atom is 0.0625 e. The van der Waals surface area contributed by atoms with Crippen molar-refractivity contribution in [3.8, 4) is 0 Å². The van der Waals surface area contributed by atoms with E-state index in [1.54, 1.807) is 0 Å². The van der Waals surface area contributed by atoms with Crippen LogP contribution < -0.4 is 0 Å². The van der Waals surface area contributed by atoms with Crippen LogP contribution in [0.3, 0.4) is 0 Å². The van der Waals surface area contributed by atoms with Gasteiger partial charge in [0.15, 0.2) is 0 Å². The quantitative estimate of drug-likeness (QED) is 0.542. The highest BCUT2D eigenvalue weighted by Crippen LogP contribution is 2.28. The highest BCUT2D eigenvalue weighted by atomic mass is 35.5. The van der Waals surface area contributed by atoms with Crippen molar-refractivity contribution in [1.29, 1.82) is 0 Å². The van der Waals surface area contributed by atoms with Crippen LogP contribution in [0.2, 0.25) is 0 Å². The normalized spacial score (nSPS) is 12.5. The third-order valence-electron chi connectivity index (χ3n) is 3.80. The third kappa shape index (κ3) is 2.71. The second-order valence-corrected chi connectivity index (χ2v) is 5.73. The van der Waals surface area contributed by atoms with Crippen LogP contribution in [0.5, 0.6) is 0 Å². The molecule has 1 atom stereocenters. The Morgan fingerprint density at radius 2 is 1.55 bits per heavy atom. The molecule has 0 aromatic heterocycles. The van der Waals surface area contributed by atoms with Gasteiger partial charge in [0.2, 0.25) is 0 Å². The van der Waals surface area contributed by atoms with Crippen molar-refractivity contribution in [3.05, 3.63) is 83.4 Å². The van der Waals surface area contributed by atoms with E-state index in [0.29, 0.717) is 0 Å². The van der Waals surface area contributed by atoms with E-state index in [2.05, 4.69) is 73.7 Å². The van der Waals surface area contributed by atoms with E-state index in [1.165, 1.54) is 27.5 Å². The van der Waals surface area contributed by atoms with Crippen LogP contribution in [0.1, 0.15) is 22.1 Å². The summed E-state index contributed by atoms with van der Waals surface area (Å²) in [7, 11) is 0. The molecular formula is C19H17Cl. The van der Waals surface area contributed by atoms with Gasteiger partial charge in [-0.3, -0.25) is 0 Å². The van der Waals surface area contributed by atoms with E-state index in [9.17, 15) is 0 Å². The van der Waals surface area contributed by atoms with Crippen LogP contribution in [-0.2, 0) is 6.42 Å². The Morgan fingerprint density at radius 3 is 2.35 bits per heavy atom. The van der Waals surface area contributed by atoms with E-state index in [1.807, 2.05) is 0 Å². The SMILES string of the molecule is Cc1ccccc1CC(Cl)c1ccc2ccccc2c1. The zero-order chi connectivity index (χ0) is 13.9. The number of fused-ring (bicyclic) bond motifs is 1. The lowest BCUT2D eigenvalue weighted by Crippen LogP contribution is -1.98. The molecule has 1 unspecified atom stereocenters. The van der Waals surface area contributed by atoms with E-state index in [4.69, 9.17) is 11.6 Å². The molecule has 20 heavy (non-hydrogen) atoms. The molecule has 3 aromatic rings. The Bertz CT molecular complexity index is 730. The van der Waals surface area contributed by atoms with E-state index in [-0.39, 0.29) is 5.38 Å².